The van der Waals surface area contributed by atoms with Crippen LogP contribution in [-0.2, 0) is 4.79 Å². The number of rotatable bonds is 5. The summed E-state index contributed by atoms with van der Waals surface area (Å²) in [4.78, 5) is 27.8. The molecule has 0 aromatic heterocycles. The zero-order chi connectivity index (χ0) is 19.3. The fraction of sp³-hybridized carbons (Fsp3) is 0.167. The lowest BCUT2D eigenvalue weighted by Gasteiger charge is -2.25. The standard InChI is InChI=1S/C24H22N2O2/c27-23(19-12-6-2-7-13-19)25-22(18-10-4-1-5-11-18)21-16-17-26(24(21)28)20-14-8-3-9-15-20/h1-15,21-22H,16-17H2,(H,25,27)/t21-,22-/m1/s1. The van der Waals surface area contributed by atoms with Crippen LogP contribution in [0.25, 0.3) is 0 Å². The maximum Gasteiger partial charge on any atom is 0.251 e. The van der Waals surface area contributed by atoms with Gasteiger partial charge in [-0.05, 0) is 36.2 Å². The second kappa shape index (κ2) is 8.09. The van der Waals surface area contributed by atoms with Gasteiger partial charge in [-0.3, -0.25) is 9.59 Å². The van der Waals surface area contributed by atoms with Crippen molar-refractivity contribution in [3.8, 4) is 0 Å². The van der Waals surface area contributed by atoms with E-state index in [1.54, 1.807) is 12.1 Å². The van der Waals surface area contributed by atoms with Crippen molar-refractivity contribution in [3.63, 3.8) is 0 Å². The lowest BCUT2D eigenvalue weighted by molar-refractivity contribution is -0.121. The van der Waals surface area contributed by atoms with Gasteiger partial charge in [-0.1, -0.05) is 66.7 Å². The van der Waals surface area contributed by atoms with Crippen molar-refractivity contribution in [1.29, 1.82) is 0 Å². The molecule has 0 unspecified atom stereocenters. The maximum atomic E-state index is 13.2. The highest BCUT2D eigenvalue weighted by atomic mass is 16.2. The van der Waals surface area contributed by atoms with Gasteiger partial charge in [0.1, 0.15) is 0 Å². The lowest BCUT2D eigenvalue weighted by atomic mass is 9.91. The van der Waals surface area contributed by atoms with Crippen LogP contribution in [0.1, 0.15) is 28.4 Å². The molecule has 4 nitrogen and oxygen atoms in total. The molecule has 1 N–H and O–H groups in total. The van der Waals surface area contributed by atoms with Gasteiger partial charge in [0.15, 0.2) is 0 Å². The number of benzene rings is 3. The molecule has 140 valence electrons. The fourth-order valence-corrected chi connectivity index (χ4v) is 3.77. The number of hydrogen-bond donors (Lipinski definition) is 1. The van der Waals surface area contributed by atoms with Crippen LogP contribution in [-0.4, -0.2) is 18.4 Å². The van der Waals surface area contributed by atoms with Crippen LogP contribution < -0.4 is 10.2 Å². The van der Waals surface area contributed by atoms with E-state index in [4.69, 9.17) is 0 Å². The molecular formula is C24H22N2O2. The van der Waals surface area contributed by atoms with E-state index in [9.17, 15) is 9.59 Å². The average Bonchev–Trinajstić information content (AvgIpc) is 3.15. The number of nitrogens with one attached hydrogen (secondary N) is 1. The summed E-state index contributed by atoms with van der Waals surface area (Å²) in [7, 11) is 0. The predicted octanol–water partition coefficient (Wildman–Crippen LogP) is 4.21. The van der Waals surface area contributed by atoms with E-state index in [2.05, 4.69) is 5.32 Å². The quantitative estimate of drug-likeness (QED) is 0.731. The summed E-state index contributed by atoms with van der Waals surface area (Å²) in [6.07, 6.45) is 0.697. The molecule has 3 aromatic rings. The molecule has 0 saturated carbocycles. The van der Waals surface area contributed by atoms with E-state index >= 15 is 0 Å². The maximum absolute atomic E-state index is 13.2. The molecule has 28 heavy (non-hydrogen) atoms. The van der Waals surface area contributed by atoms with Gasteiger partial charge in [0.2, 0.25) is 5.91 Å². The van der Waals surface area contributed by atoms with Crippen molar-refractivity contribution in [3.05, 3.63) is 102 Å². The zero-order valence-electron chi connectivity index (χ0n) is 15.5. The molecular weight excluding hydrogens is 348 g/mol. The highest BCUT2D eigenvalue weighted by molar-refractivity contribution is 5.99. The van der Waals surface area contributed by atoms with E-state index in [0.717, 1.165) is 11.3 Å². The summed E-state index contributed by atoms with van der Waals surface area (Å²) < 4.78 is 0. The number of anilines is 1. The van der Waals surface area contributed by atoms with Gasteiger partial charge >= 0.3 is 0 Å². The van der Waals surface area contributed by atoms with Crippen LogP contribution in [0.5, 0.6) is 0 Å². The third-order valence-corrected chi connectivity index (χ3v) is 5.20. The number of amides is 2. The Morgan fingerprint density at radius 3 is 2.07 bits per heavy atom. The molecule has 1 heterocycles. The number of nitrogens with zero attached hydrogens (tertiary/aromatic N) is 1. The third-order valence-electron chi connectivity index (χ3n) is 5.20. The van der Waals surface area contributed by atoms with Crippen molar-refractivity contribution in [2.24, 2.45) is 5.92 Å². The molecule has 2 amide bonds. The van der Waals surface area contributed by atoms with Crippen LogP contribution in [0.15, 0.2) is 91.0 Å². The Kier molecular flexibility index (Phi) is 5.20. The molecule has 4 rings (SSSR count). The highest BCUT2D eigenvalue weighted by Crippen LogP contribution is 2.34. The Morgan fingerprint density at radius 2 is 1.43 bits per heavy atom. The summed E-state index contributed by atoms with van der Waals surface area (Å²) in [6, 6.07) is 28.2. The molecule has 1 aliphatic heterocycles. The van der Waals surface area contributed by atoms with Crippen molar-refractivity contribution in [2.75, 3.05) is 11.4 Å². The van der Waals surface area contributed by atoms with Crippen molar-refractivity contribution in [1.82, 2.24) is 5.32 Å². The third kappa shape index (κ3) is 3.67. The summed E-state index contributed by atoms with van der Waals surface area (Å²) >= 11 is 0. The van der Waals surface area contributed by atoms with Crippen LogP contribution in [0.2, 0.25) is 0 Å². The molecule has 0 bridgehead atoms. The topological polar surface area (TPSA) is 49.4 Å². The highest BCUT2D eigenvalue weighted by Gasteiger charge is 2.39. The number of carbonyl (C=O) groups is 2. The molecule has 2 atom stereocenters. The first-order valence-electron chi connectivity index (χ1n) is 9.51. The Bertz CT molecular complexity index is 942. The minimum absolute atomic E-state index is 0.0495. The van der Waals surface area contributed by atoms with E-state index in [0.29, 0.717) is 18.5 Å². The minimum Gasteiger partial charge on any atom is -0.344 e. The first-order valence-corrected chi connectivity index (χ1v) is 9.51. The van der Waals surface area contributed by atoms with Gasteiger partial charge in [0.05, 0.1) is 12.0 Å². The van der Waals surface area contributed by atoms with Crippen LogP contribution in [0.4, 0.5) is 5.69 Å². The lowest BCUT2D eigenvalue weighted by Crippen LogP contribution is -2.37. The van der Waals surface area contributed by atoms with E-state index < -0.39 is 0 Å². The second-order valence-electron chi connectivity index (χ2n) is 6.95. The van der Waals surface area contributed by atoms with Gasteiger partial charge in [-0.15, -0.1) is 0 Å². The van der Waals surface area contributed by atoms with Gasteiger partial charge in [-0.2, -0.15) is 0 Å². The second-order valence-corrected chi connectivity index (χ2v) is 6.95. The Hall–Kier alpha value is -3.40. The monoisotopic (exact) mass is 370 g/mol. The smallest absolute Gasteiger partial charge is 0.251 e. The molecule has 0 spiro atoms. The molecule has 1 saturated heterocycles. The molecule has 1 aliphatic rings. The Morgan fingerprint density at radius 1 is 0.857 bits per heavy atom. The van der Waals surface area contributed by atoms with Crippen molar-refractivity contribution >= 4 is 17.5 Å². The normalized spacial score (nSPS) is 17.4. The first kappa shape index (κ1) is 18.0. The average molecular weight is 370 g/mol. The first-order chi connectivity index (χ1) is 13.7. The molecule has 0 aliphatic carbocycles. The van der Waals surface area contributed by atoms with E-state index in [-0.39, 0.29) is 23.8 Å². The number of hydrogen-bond acceptors (Lipinski definition) is 2. The van der Waals surface area contributed by atoms with Crippen LogP contribution in [0, 0.1) is 5.92 Å². The van der Waals surface area contributed by atoms with Crippen LogP contribution in [0.3, 0.4) is 0 Å². The zero-order valence-corrected chi connectivity index (χ0v) is 15.5. The summed E-state index contributed by atoms with van der Waals surface area (Å²) in [5.74, 6) is -0.413. The van der Waals surface area contributed by atoms with Crippen molar-refractivity contribution < 1.29 is 9.59 Å². The SMILES string of the molecule is O=C(N[C@H](c1ccccc1)[C@H]1CCN(c2ccccc2)C1=O)c1ccccc1. The molecule has 3 aromatic carbocycles. The van der Waals surface area contributed by atoms with E-state index in [1.165, 1.54) is 0 Å². The van der Waals surface area contributed by atoms with Gasteiger partial charge < -0.3 is 10.2 Å². The van der Waals surface area contributed by atoms with Gasteiger partial charge in [-0.25, -0.2) is 0 Å². The van der Waals surface area contributed by atoms with Gasteiger partial charge in [0.25, 0.3) is 5.91 Å². The largest absolute Gasteiger partial charge is 0.344 e. The van der Waals surface area contributed by atoms with Gasteiger partial charge in [0, 0.05) is 17.8 Å². The Labute approximate surface area is 164 Å². The van der Waals surface area contributed by atoms with Crippen molar-refractivity contribution in [2.45, 2.75) is 12.5 Å². The van der Waals surface area contributed by atoms with E-state index in [1.807, 2.05) is 83.8 Å². The summed E-state index contributed by atoms with van der Waals surface area (Å²) in [5.41, 5.74) is 2.44. The number of para-hydroxylation sites is 1. The van der Waals surface area contributed by atoms with Crippen LogP contribution >= 0.6 is 0 Å². The molecule has 1 fully saturated rings. The predicted molar refractivity (Wildman–Crippen MR) is 110 cm³/mol. The molecule has 0 radical (unpaired) electrons. The molecule has 4 heteroatoms. The summed E-state index contributed by atoms with van der Waals surface area (Å²) in [5, 5.41) is 3.11. The fourth-order valence-electron chi connectivity index (χ4n) is 3.77. The summed E-state index contributed by atoms with van der Waals surface area (Å²) in [6.45, 7) is 0.651. The Balaban J connectivity index is 1.61. The number of carbonyl (C=O) groups excluding carboxylic acids is 2. The minimum atomic E-state index is -0.366.